The molecule has 0 amide bonds. The Bertz CT molecular complexity index is 338. The van der Waals surface area contributed by atoms with Crippen molar-refractivity contribution in [2.75, 3.05) is 16.8 Å². The molecule has 1 aromatic heterocycles. The molecule has 90 valence electrons. The Hall–Kier alpha value is -1.45. The number of nitrogens with one attached hydrogen (secondary N) is 1. The van der Waals surface area contributed by atoms with Gasteiger partial charge in [0.05, 0.1) is 5.69 Å². The maximum atomic E-state index is 5.65. The monoisotopic (exact) mass is 222 g/mol. The van der Waals surface area contributed by atoms with Crippen LogP contribution in [0.15, 0.2) is 12.1 Å². The fraction of sp³-hybridized carbons (Fsp3) is 0.583. The molecule has 0 aliphatic carbocycles. The van der Waals surface area contributed by atoms with Crippen LogP contribution >= 0.6 is 0 Å². The third kappa shape index (κ3) is 3.61. The molecular formula is C12H22N4. The van der Waals surface area contributed by atoms with Crippen LogP contribution in [0.1, 0.15) is 33.6 Å². The first-order valence-electron chi connectivity index (χ1n) is 5.81. The Morgan fingerprint density at radius 1 is 1.31 bits per heavy atom. The second-order valence-corrected chi connectivity index (χ2v) is 4.47. The van der Waals surface area contributed by atoms with Crippen LogP contribution in [0.2, 0.25) is 0 Å². The maximum absolute atomic E-state index is 5.65. The number of nitrogens with two attached hydrogens (primary N) is 2. The number of pyridine rings is 1. The predicted molar refractivity (Wildman–Crippen MR) is 70.2 cm³/mol. The molecule has 0 aliphatic rings. The lowest BCUT2D eigenvalue weighted by molar-refractivity contribution is 0.483. The Kier molecular flexibility index (Phi) is 4.40. The smallest absolute Gasteiger partial charge is 0.149 e. The molecule has 1 heterocycles. The van der Waals surface area contributed by atoms with Crippen molar-refractivity contribution >= 4 is 17.3 Å². The molecule has 0 aliphatic heterocycles. The molecule has 0 bridgehead atoms. The van der Waals surface area contributed by atoms with E-state index in [2.05, 4.69) is 31.1 Å². The molecule has 4 nitrogen and oxygen atoms in total. The molecular weight excluding hydrogens is 200 g/mol. The van der Waals surface area contributed by atoms with E-state index >= 15 is 0 Å². The minimum Gasteiger partial charge on any atom is -0.396 e. The number of aromatic nitrogens is 1. The summed E-state index contributed by atoms with van der Waals surface area (Å²) in [5, 5.41) is 3.33. The van der Waals surface area contributed by atoms with E-state index in [0.717, 1.165) is 12.2 Å². The highest BCUT2D eigenvalue weighted by atomic mass is 15.0. The third-order valence-electron chi connectivity index (χ3n) is 2.80. The third-order valence-corrected chi connectivity index (χ3v) is 2.80. The van der Waals surface area contributed by atoms with Gasteiger partial charge in [0, 0.05) is 6.04 Å². The molecule has 0 radical (unpaired) electrons. The van der Waals surface area contributed by atoms with Gasteiger partial charge in [0.15, 0.2) is 0 Å². The van der Waals surface area contributed by atoms with Crippen LogP contribution in [-0.4, -0.2) is 11.0 Å². The summed E-state index contributed by atoms with van der Waals surface area (Å²) in [5.74, 6) is 1.90. The average molecular weight is 222 g/mol. The summed E-state index contributed by atoms with van der Waals surface area (Å²) in [6.45, 7) is 6.61. The lowest BCUT2D eigenvalue weighted by Crippen LogP contribution is -2.19. The number of hydrogen-bond acceptors (Lipinski definition) is 4. The number of rotatable bonds is 5. The normalized spacial score (nSPS) is 14.4. The van der Waals surface area contributed by atoms with Gasteiger partial charge in [0.1, 0.15) is 11.6 Å². The average Bonchev–Trinajstić information content (AvgIpc) is 2.23. The van der Waals surface area contributed by atoms with Crippen LogP contribution in [0.5, 0.6) is 0 Å². The molecule has 0 aromatic carbocycles. The van der Waals surface area contributed by atoms with Gasteiger partial charge in [-0.15, -0.1) is 0 Å². The van der Waals surface area contributed by atoms with E-state index in [1.54, 1.807) is 6.07 Å². The SMILES string of the molecule is CCC(C)CC(C)Nc1ccc(N)c(N)n1. The lowest BCUT2D eigenvalue weighted by Gasteiger charge is -2.18. The van der Waals surface area contributed by atoms with Gasteiger partial charge in [-0.25, -0.2) is 4.98 Å². The zero-order valence-corrected chi connectivity index (χ0v) is 10.3. The Morgan fingerprint density at radius 3 is 2.56 bits per heavy atom. The summed E-state index contributed by atoms with van der Waals surface area (Å²) in [6, 6.07) is 4.03. The van der Waals surface area contributed by atoms with E-state index in [-0.39, 0.29) is 0 Å². The highest BCUT2D eigenvalue weighted by Crippen LogP contribution is 2.17. The van der Waals surface area contributed by atoms with Gasteiger partial charge in [-0.05, 0) is 31.4 Å². The van der Waals surface area contributed by atoms with Gasteiger partial charge in [-0.2, -0.15) is 0 Å². The van der Waals surface area contributed by atoms with Gasteiger partial charge in [0.2, 0.25) is 0 Å². The van der Waals surface area contributed by atoms with E-state index in [0.29, 0.717) is 23.5 Å². The highest BCUT2D eigenvalue weighted by molar-refractivity contribution is 5.61. The fourth-order valence-corrected chi connectivity index (χ4v) is 1.65. The quantitative estimate of drug-likeness (QED) is 0.715. The van der Waals surface area contributed by atoms with Crippen molar-refractivity contribution in [2.45, 2.75) is 39.7 Å². The number of hydrogen-bond donors (Lipinski definition) is 3. The van der Waals surface area contributed by atoms with Gasteiger partial charge in [0.25, 0.3) is 0 Å². The summed E-state index contributed by atoms with van der Waals surface area (Å²) < 4.78 is 0. The minimum atomic E-state index is 0.390. The van der Waals surface area contributed by atoms with E-state index in [1.165, 1.54) is 6.42 Å². The maximum Gasteiger partial charge on any atom is 0.149 e. The van der Waals surface area contributed by atoms with E-state index in [9.17, 15) is 0 Å². The van der Waals surface area contributed by atoms with Crippen molar-refractivity contribution in [1.82, 2.24) is 4.98 Å². The second kappa shape index (κ2) is 5.58. The van der Waals surface area contributed by atoms with Crippen molar-refractivity contribution < 1.29 is 0 Å². The first kappa shape index (κ1) is 12.6. The van der Waals surface area contributed by atoms with E-state index in [1.807, 2.05) is 6.07 Å². The number of nitrogen functional groups attached to an aromatic ring is 2. The summed E-state index contributed by atoms with van der Waals surface area (Å²) in [7, 11) is 0. The largest absolute Gasteiger partial charge is 0.396 e. The van der Waals surface area contributed by atoms with Crippen molar-refractivity contribution in [3.8, 4) is 0 Å². The second-order valence-electron chi connectivity index (χ2n) is 4.47. The first-order chi connectivity index (χ1) is 7.52. The Morgan fingerprint density at radius 2 is 2.00 bits per heavy atom. The van der Waals surface area contributed by atoms with E-state index in [4.69, 9.17) is 11.5 Å². The molecule has 2 atom stereocenters. The van der Waals surface area contributed by atoms with Crippen molar-refractivity contribution in [3.63, 3.8) is 0 Å². The summed E-state index contributed by atoms with van der Waals surface area (Å²) in [5.41, 5.74) is 11.8. The number of anilines is 3. The highest BCUT2D eigenvalue weighted by Gasteiger charge is 2.08. The lowest BCUT2D eigenvalue weighted by atomic mass is 10.0. The molecule has 0 spiro atoms. The summed E-state index contributed by atoms with van der Waals surface area (Å²) in [6.07, 6.45) is 2.33. The molecule has 0 fully saturated rings. The van der Waals surface area contributed by atoms with Crippen LogP contribution in [0.25, 0.3) is 0 Å². The minimum absolute atomic E-state index is 0.390. The summed E-state index contributed by atoms with van der Waals surface area (Å²) >= 11 is 0. The number of nitrogens with zero attached hydrogens (tertiary/aromatic N) is 1. The van der Waals surface area contributed by atoms with Gasteiger partial charge < -0.3 is 16.8 Å². The molecule has 0 saturated carbocycles. The first-order valence-corrected chi connectivity index (χ1v) is 5.81. The zero-order valence-electron chi connectivity index (χ0n) is 10.3. The fourth-order valence-electron chi connectivity index (χ4n) is 1.65. The topological polar surface area (TPSA) is 77.0 Å². The van der Waals surface area contributed by atoms with Crippen molar-refractivity contribution in [1.29, 1.82) is 0 Å². The molecule has 1 aromatic rings. The predicted octanol–water partition coefficient (Wildman–Crippen LogP) is 2.48. The van der Waals surface area contributed by atoms with E-state index < -0.39 is 0 Å². The van der Waals surface area contributed by atoms with Gasteiger partial charge >= 0.3 is 0 Å². The molecule has 16 heavy (non-hydrogen) atoms. The van der Waals surface area contributed by atoms with Crippen LogP contribution in [0, 0.1) is 5.92 Å². The summed E-state index contributed by atoms with van der Waals surface area (Å²) in [4.78, 5) is 4.19. The Labute approximate surface area is 97.4 Å². The molecule has 0 saturated heterocycles. The Balaban J connectivity index is 2.56. The molecule has 4 heteroatoms. The van der Waals surface area contributed by atoms with Gasteiger partial charge in [-0.3, -0.25) is 0 Å². The van der Waals surface area contributed by atoms with Gasteiger partial charge in [-0.1, -0.05) is 20.3 Å². The standard InChI is InChI=1S/C12H22N4/c1-4-8(2)7-9(3)15-11-6-5-10(13)12(14)16-11/h5-6,8-9H,4,7,13H2,1-3H3,(H3,14,15,16). The molecule has 1 rings (SSSR count). The van der Waals surface area contributed by atoms with Crippen LogP contribution in [0.4, 0.5) is 17.3 Å². The molecule has 5 N–H and O–H groups in total. The van der Waals surface area contributed by atoms with Crippen LogP contribution < -0.4 is 16.8 Å². The van der Waals surface area contributed by atoms with Crippen molar-refractivity contribution in [3.05, 3.63) is 12.1 Å². The van der Waals surface area contributed by atoms with Crippen molar-refractivity contribution in [2.24, 2.45) is 5.92 Å². The van der Waals surface area contributed by atoms with Crippen LogP contribution in [-0.2, 0) is 0 Å². The van der Waals surface area contributed by atoms with Crippen LogP contribution in [0.3, 0.4) is 0 Å². The zero-order chi connectivity index (χ0) is 12.1. The molecule has 2 unspecified atom stereocenters.